The zero-order valence-corrected chi connectivity index (χ0v) is 8.52. The number of hydrogen-bond acceptors (Lipinski definition) is 3. The summed E-state index contributed by atoms with van der Waals surface area (Å²) >= 11 is 0. The molecule has 1 fully saturated rings. The van der Waals surface area contributed by atoms with E-state index in [1.54, 1.807) is 12.3 Å². The van der Waals surface area contributed by atoms with Gasteiger partial charge in [-0.15, -0.1) is 0 Å². The Morgan fingerprint density at radius 1 is 1.47 bits per heavy atom. The van der Waals surface area contributed by atoms with Gasteiger partial charge in [0.2, 0.25) is 0 Å². The molecule has 0 bridgehead atoms. The van der Waals surface area contributed by atoms with Gasteiger partial charge in [-0.25, -0.2) is 14.8 Å². The quantitative estimate of drug-likeness (QED) is 0.778. The van der Waals surface area contributed by atoms with E-state index in [0.29, 0.717) is 6.54 Å². The lowest BCUT2D eigenvalue weighted by Crippen LogP contribution is -2.37. The monoisotopic (exact) mass is 206 g/mol. The molecule has 0 aliphatic carbocycles. The fourth-order valence-corrected chi connectivity index (χ4v) is 1.62. The largest absolute Gasteiger partial charge is 0.332 e. The molecule has 1 saturated heterocycles. The van der Waals surface area contributed by atoms with Crippen molar-refractivity contribution in [2.75, 3.05) is 13.1 Å². The van der Waals surface area contributed by atoms with Crippen LogP contribution in [-0.2, 0) is 6.54 Å². The smallest absolute Gasteiger partial charge is 0.317 e. The van der Waals surface area contributed by atoms with Gasteiger partial charge in [0.05, 0.1) is 12.2 Å². The summed E-state index contributed by atoms with van der Waals surface area (Å²) in [6, 6.07) is 1.80. The number of carbonyl (C=O) groups is 1. The third-order valence-corrected chi connectivity index (χ3v) is 2.46. The van der Waals surface area contributed by atoms with Crippen LogP contribution < -0.4 is 5.32 Å². The second kappa shape index (κ2) is 4.72. The van der Waals surface area contributed by atoms with Gasteiger partial charge in [0.1, 0.15) is 6.33 Å². The predicted octanol–water partition coefficient (Wildman–Crippen LogP) is 0.782. The molecule has 1 aromatic heterocycles. The zero-order chi connectivity index (χ0) is 10.5. The SMILES string of the molecule is O=C(NCc1ccncn1)N1CCCC1. The first kappa shape index (κ1) is 9.89. The molecule has 5 heteroatoms. The lowest BCUT2D eigenvalue weighted by Gasteiger charge is -2.15. The molecule has 0 aromatic carbocycles. The summed E-state index contributed by atoms with van der Waals surface area (Å²) in [5.74, 6) is 0. The highest BCUT2D eigenvalue weighted by Crippen LogP contribution is 2.07. The molecule has 0 spiro atoms. The van der Waals surface area contributed by atoms with Crippen molar-refractivity contribution in [1.82, 2.24) is 20.2 Å². The van der Waals surface area contributed by atoms with Crippen molar-refractivity contribution in [1.29, 1.82) is 0 Å². The van der Waals surface area contributed by atoms with Crippen molar-refractivity contribution >= 4 is 6.03 Å². The summed E-state index contributed by atoms with van der Waals surface area (Å²) in [7, 11) is 0. The Hall–Kier alpha value is -1.65. The molecule has 0 unspecified atom stereocenters. The Morgan fingerprint density at radius 2 is 2.27 bits per heavy atom. The molecule has 1 N–H and O–H groups in total. The van der Waals surface area contributed by atoms with Gasteiger partial charge in [-0.05, 0) is 18.9 Å². The fraction of sp³-hybridized carbons (Fsp3) is 0.500. The van der Waals surface area contributed by atoms with Crippen molar-refractivity contribution < 1.29 is 4.79 Å². The number of rotatable bonds is 2. The van der Waals surface area contributed by atoms with Gasteiger partial charge < -0.3 is 10.2 Å². The van der Waals surface area contributed by atoms with Gasteiger partial charge in [-0.2, -0.15) is 0 Å². The molecular weight excluding hydrogens is 192 g/mol. The number of likely N-dealkylation sites (tertiary alicyclic amines) is 1. The average molecular weight is 206 g/mol. The number of nitrogens with one attached hydrogen (secondary N) is 1. The highest BCUT2D eigenvalue weighted by atomic mass is 16.2. The highest BCUT2D eigenvalue weighted by Gasteiger charge is 2.16. The van der Waals surface area contributed by atoms with Crippen LogP contribution in [0, 0.1) is 0 Å². The van der Waals surface area contributed by atoms with Gasteiger partial charge >= 0.3 is 6.03 Å². The molecule has 2 rings (SSSR count). The normalized spacial score (nSPS) is 15.3. The van der Waals surface area contributed by atoms with Crippen LogP contribution in [0.15, 0.2) is 18.6 Å². The molecule has 1 aromatic rings. The first-order valence-electron chi connectivity index (χ1n) is 5.14. The van der Waals surface area contributed by atoms with E-state index >= 15 is 0 Å². The van der Waals surface area contributed by atoms with E-state index in [-0.39, 0.29) is 6.03 Å². The Balaban J connectivity index is 1.80. The zero-order valence-electron chi connectivity index (χ0n) is 8.52. The van der Waals surface area contributed by atoms with Crippen LogP contribution in [0.4, 0.5) is 4.79 Å². The van der Waals surface area contributed by atoms with Crippen LogP contribution in [0.3, 0.4) is 0 Å². The predicted molar refractivity (Wildman–Crippen MR) is 55.1 cm³/mol. The lowest BCUT2D eigenvalue weighted by molar-refractivity contribution is 0.208. The number of aromatic nitrogens is 2. The minimum absolute atomic E-state index is 0.00566. The summed E-state index contributed by atoms with van der Waals surface area (Å²) in [6.07, 6.45) is 5.38. The van der Waals surface area contributed by atoms with Gasteiger partial charge in [0.25, 0.3) is 0 Å². The minimum Gasteiger partial charge on any atom is -0.332 e. The van der Waals surface area contributed by atoms with E-state index in [4.69, 9.17) is 0 Å². The van der Waals surface area contributed by atoms with E-state index in [1.165, 1.54) is 6.33 Å². The summed E-state index contributed by atoms with van der Waals surface area (Å²) in [4.78, 5) is 21.3. The number of carbonyl (C=O) groups excluding carboxylic acids is 1. The topological polar surface area (TPSA) is 58.1 Å². The number of hydrogen-bond donors (Lipinski definition) is 1. The van der Waals surface area contributed by atoms with E-state index in [0.717, 1.165) is 31.6 Å². The number of urea groups is 1. The molecule has 2 amide bonds. The van der Waals surface area contributed by atoms with Gasteiger partial charge in [-0.3, -0.25) is 0 Å². The van der Waals surface area contributed by atoms with E-state index in [1.807, 2.05) is 4.90 Å². The number of amides is 2. The molecule has 0 radical (unpaired) electrons. The van der Waals surface area contributed by atoms with Crippen molar-refractivity contribution in [2.45, 2.75) is 19.4 Å². The summed E-state index contributed by atoms with van der Waals surface area (Å²) < 4.78 is 0. The second-order valence-corrected chi connectivity index (χ2v) is 3.55. The molecule has 15 heavy (non-hydrogen) atoms. The standard InChI is InChI=1S/C10H14N4O/c15-10(14-5-1-2-6-14)12-7-9-3-4-11-8-13-9/h3-4,8H,1-2,5-7H2,(H,12,15). The molecule has 1 aliphatic rings. The molecule has 80 valence electrons. The van der Waals surface area contributed by atoms with Crippen molar-refractivity contribution in [3.63, 3.8) is 0 Å². The maximum Gasteiger partial charge on any atom is 0.317 e. The fourth-order valence-electron chi connectivity index (χ4n) is 1.62. The first-order chi connectivity index (χ1) is 7.36. The van der Waals surface area contributed by atoms with Crippen LogP contribution in [0.2, 0.25) is 0 Å². The number of nitrogens with zero attached hydrogens (tertiary/aromatic N) is 3. The average Bonchev–Trinajstić information content (AvgIpc) is 2.81. The van der Waals surface area contributed by atoms with E-state index < -0.39 is 0 Å². The summed E-state index contributed by atoms with van der Waals surface area (Å²) in [5, 5.41) is 2.84. The summed E-state index contributed by atoms with van der Waals surface area (Å²) in [5.41, 5.74) is 0.831. The first-order valence-corrected chi connectivity index (χ1v) is 5.14. The van der Waals surface area contributed by atoms with E-state index in [2.05, 4.69) is 15.3 Å². The molecule has 2 heterocycles. The minimum atomic E-state index is 0.00566. The van der Waals surface area contributed by atoms with Crippen molar-refractivity contribution in [2.24, 2.45) is 0 Å². The van der Waals surface area contributed by atoms with E-state index in [9.17, 15) is 4.79 Å². The van der Waals surface area contributed by atoms with Crippen LogP contribution in [0.1, 0.15) is 18.5 Å². The Bertz CT molecular complexity index is 321. The molecule has 1 aliphatic heterocycles. The Labute approximate surface area is 88.5 Å². The third kappa shape index (κ3) is 2.65. The molecule has 0 saturated carbocycles. The Morgan fingerprint density at radius 3 is 2.93 bits per heavy atom. The molecule has 5 nitrogen and oxygen atoms in total. The lowest BCUT2D eigenvalue weighted by atomic mass is 10.4. The van der Waals surface area contributed by atoms with Gasteiger partial charge in [-0.1, -0.05) is 0 Å². The van der Waals surface area contributed by atoms with Gasteiger partial charge in [0.15, 0.2) is 0 Å². The maximum absolute atomic E-state index is 11.6. The van der Waals surface area contributed by atoms with Crippen molar-refractivity contribution in [3.8, 4) is 0 Å². The van der Waals surface area contributed by atoms with Crippen LogP contribution >= 0.6 is 0 Å². The third-order valence-electron chi connectivity index (χ3n) is 2.46. The summed E-state index contributed by atoms with van der Waals surface area (Å²) in [6.45, 7) is 2.21. The second-order valence-electron chi connectivity index (χ2n) is 3.55. The highest BCUT2D eigenvalue weighted by molar-refractivity contribution is 5.74. The van der Waals surface area contributed by atoms with Crippen LogP contribution in [0.25, 0.3) is 0 Å². The molecular formula is C10H14N4O. The van der Waals surface area contributed by atoms with Crippen LogP contribution in [0.5, 0.6) is 0 Å². The molecule has 0 atom stereocenters. The Kier molecular flexibility index (Phi) is 3.11. The van der Waals surface area contributed by atoms with Gasteiger partial charge in [0, 0.05) is 19.3 Å². The van der Waals surface area contributed by atoms with Crippen LogP contribution in [-0.4, -0.2) is 34.0 Å². The maximum atomic E-state index is 11.6. The van der Waals surface area contributed by atoms with Crippen molar-refractivity contribution in [3.05, 3.63) is 24.3 Å².